The monoisotopic (exact) mass is 1130 g/mol. The fourth-order valence-corrected chi connectivity index (χ4v) is 10.4. The summed E-state index contributed by atoms with van der Waals surface area (Å²) >= 11 is 0. The van der Waals surface area contributed by atoms with Crippen LogP contribution in [0.4, 0.5) is 0 Å². The Bertz CT molecular complexity index is 1470. The fraction of sp³-hybridized carbons (Fsp3) is 1.00. The van der Waals surface area contributed by atoms with Crippen molar-refractivity contribution >= 4 is 0 Å². The molecule has 21 rings (SSSR count). The van der Waals surface area contributed by atoms with Crippen LogP contribution >= 0.6 is 0 Å². The molecule has 0 amide bonds. The minimum Gasteiger partial charge on any atom is -0.394 e. The van der Waals surface area contributed by atoms with Gasteiger partial charge in [-0.15, -0.1) is 0 Å². The second kappa shape index (κ2) is 26.0. The zero-order valence-electron chi connectivity index (χ0n) is 40.3. The summed E-state index contributed by atoms with van der Waals surface area (Å²) in [6.07, 6.45) is -70.2. The summed E-state index contributed by atoms with van der Waals surface area (Å²) in [6.45, 7) is -7.33. The SMILES string of the molecule is OC[C@@H]1O[C@H]2O[C@@H]3[C@@H](O)[C@H](O)[C@H](O[C@@H]4[C@@H](O)[C@H](O)[C@H](O[C@@H]5[C@@H](O)[C@@H](O)[C@H](O[C@@H]6[C@@H](O)[C@H](O)[C@H](O[C@@H]7[C@@H](O)[C@H](O)[C@H](O[C@@H]8[C@@H](O)[C@H](O)[C@H](O[C@@H]1[C@@H](O)[C@@H]2O)O[C@H]8CO)O[C@H]7CO)O[C@H]6CO)O[C@H]5CO)O[C@H]4CO)O[C@H]3CO. The van der Waals surface area contributed by atoms with Crippen molar-refractivity contribution in [3.05, 3.63) is 0 Å². The van der Waals surface area contributed by atoms with Gasteiger partial charge >= 0.3 is 0 Å². The van der Waals surface area contributed by atoms with Gasteiger partial charge in [-0.1, -0.05) is 0 Å². The number of hydrogen-bond acceptors (Lipinski definition) is 35. The van der Waals surface area contributed by atoms with Crippen molar-refractivity contribution in [1.29, 1.82) is 0 Å². The van der Waals surface area contributed by atoms with E-state index >= 15 is 0 Å². The van der Waals surface area contributed by atoms with Gasteiger partial charge < -0.3 is 174 Å². The van der Waals surface area contributed by atoms with Crippen LogP contribution in [0.15, 0.2) is 0 Å². The molecule has 0 radical (unpaired) electrons. The number of hydrogen-bond donors (Lipinski definition) is 21. The Morgan fingerprint density at radius 3 is 0.351 bits per heavy atom. The molecule has 0 saturated carbocycles. The van der Waals surface area contributed by atoms with Crippen LogP contribution in [0.5, 0.6) is 0 Å². The second-order valence-corrected chi connectivity index (χ2v) is 19.7. The summed E-state index contributed by atoms with van der Waals surface area (Å²) in [7, 11) is 0. The number of rotatable bonds is 7. The summed E-state index contributed by atoms with van der Waals surface area (Å²) < 4.78 is 79.5. The Hall–Kier alpha value is -1.40. The molecule has 0 aromatic heterocycles. The van der Waals surface area contributed by atoms with Crippen molar-refractivity contribution in [3.63, 3.8) is 0 Å². The predicted molar refractivity (Wildman–Crippen MR) is 228 cm³/mol. The van der Waals surface area contributed by atoms with Crippen LogP contribution in [0, 0.1) is 0 Å². The van der Waals surface area contributed by atoms with Gasteiger partial charge in [0, 0.05) is 0 Å². The average molecular weight is 1130 g/mol. The third-order valence-corrected chi connectivity index (χ3v) is 14.8. The average Bonchev–Trinajstić information content (AvgIpc) is 3.45. The third-order valence-electron chi connectivity index (χ3n) is 14.8. The van der Waals surface area contributed by atoms with Crippen LogP contribution in [0.2, 0.25) is 0 Å². The largest absolute Gasteiger partial charge is 0.394 e. The van der Waals surface area contributed by atoms with E-state index in [9.17, 15) is 107 Å². The van der Waals surface area contributed by atoms with Gasteiger partial charge in [-0.3, -0.25) is 0 Å². The Morgan fingerprint density at radius 1 is 0.156 bits per heavy atom. The molecule has 0 spiro atoms. The van der Waals surface area contributed by atoms with E-state index in [-0.39, 0.29) is 0 Å². The standard InChI is InChI=1S/C42H70O35/c43-1-8-29-15(50)22(57)36(64-8)72-30-9(2-44)66-38(24(59)17(30)52)74-32-11(4-46)68-40(26(61)19(32)54)76-34-13(6-48)70-42(28(63)21(34)56)77-35-14(7-49)69-41(27(62)20(35)55)75-33-12(5-47)67-39(25(60)18(33)53)73-31-10(3-45)65-37(71-29)23(58)16(31)51/h8-63H,1-7H2/t8-,9-,10-,11-,12-,13-,14-,15-,16-,17-,18-,19-,20-,21-,22-,23-,24-,25-,26-,27-,28+,29-,30-,31-,32-,33-,34-,35-,36-,37-,38-,39-,40-,41-,42-/m0/s1. The molecule has 21 saturated heterocycles. The van der Waals surface area contributed by atoms with Crippen LogP contribution in [-0.4, -0.2) is 368 Å². The van der Waals surface area contributed by atoms with Gasteiger partial charge in [0.05, 0.1) is 46.2 Å². The topological polar surface area (TPSA) is 554 Å². The molecule has 21 aliphatic heterocycles. The Kier molecular flexibility index (Phi) is 20.8. The van der Waals surface area contributed by atoms with Gasteiger partial charge in [-0.2, -0.15) is 0 Å². The molecule has 35 heteroatoms. The molecule has 0 aromatic rings. The van der Waals surface area contributed by atoms with Crippen LogP contribution in [-0.2, 0) is 66.3 Å². The predicted octanol–water partition coefficient (Wildman–Crippen LogP) is -15.2. The molecule has 21 heterocycles. The molecule has 21 aliphatic rings. The first-order valence-corrected chi connectivity index (χ1v) is 24.6. The molecular weight excluding hydrogens is 1060 g/mol. The van der Waals surface area contributed by atoms with E-state index in [2.05, 4.69) is 0 Å². The van der Waals surface area contributed by atoms with E-state index in [1.54, 1.807) is 0 Å². The third kappa shape index (κ3) is 12.1. The Morgan fingerprint density at radius 2 is 0.260 bits per heavy atom. The molecule has 21 N–H and O–H groups in total. The van der Waals surface area contributed by atoms with E-state index < -0.39 is 261 Å². The summed E-state index contributed by atoms with van der Waals surface area (Å²) in [4.78, 5) is 0. The van der Waals surface area contributed by atoms with Crippen molar-refractivity contribution in [2.75, 3.05) is 46.2 Å². The van der Waals surface area contributed by atoms with Gasteiger partial charge in [0.2, 0.25) is 0 Å². The number of aliphatic hydroxyl groups is 21. The normalized spacial score (nSPS) is 55.4. The zero-order chi connectivity index (χ0) is 56.1. The first-order valence-electron chi connectivity index (χ1n) is 24.6. The van der Waals surface area contributed by atoms with Crippen molar-refractivity contribution < 1.29 is 174 Å². The highest BCUT2D eigenvalue weighted by Gasteiger charge is 2.59. The van der Waals surface area contributed by atoms with E-state index in [1.807, 2.05) is 0 Å². The maximum atomic E-state index is 11.3. The summed E-state index contributed by atoms with van der Waals surface area (Å²) in [5.74, 6) is 0. The van der Waals surface area contributed by atoms with Crippen LogP contribution < -0.4 is 0 Å². The summed E-state index contributed by atoms with van der Waals surface area (Å²) in [6, 6.07) is 0. The van der Waals surface area contributed by atoms with E-state index in [0.717, 1.165) is 0 Å². The molecule has 77 heavy (non-hydrogen) atoms. The van der Waals surface area contributed by atoms with E-state index in [1.165, 1.54) is 0 Å². The van der Waals surface area contributed by atoms with Crippen LogP contribution in [0.3, 0.4) is 0 Å². The molecule has 35 atom stereocenters. The lowest BCUT2D eigenvalue weighted by atomic mass is 9.95. The van der Waals surface area contributed by atoms with E-state index in [4.69, 9.17) is 66.3 Å². The molecule has 0 aliphatic carbocycles. The fourth-order valence-electron chi connectivity index (χ4n) is 10.4. The maximum Gasteiger partial charge on any atom is 0.187 e. The van der Waals surface area contributed by atoms with Crippen molar-refractivity contribution in [3.8, 4) is 0 Å². The first-order chi connectivity index (χ1) is 36.7. The summed E-state index contributed by atoms with van der Waals surface area (Å²) in [5.41, 5.74) is 0. The number of aliphatic hydroxyl groups excluding tert-OH is 21. The van der Waals surface area contributed by atoms with Gasteiger partial charge in [-0.05, 0) is 0 Å². The van der Waals surface area contributed by atoms with Crippen molar-refractivity contribution in [1.82, 2.24) is 0 Å². The lowest BCUT2D eigenvalue weighted by Crippen LogP contribution is -2.68. The van der Waals surface area contributed by atoms with Gasteiger partial charge in [0.15, 0.2) is 44.0 Å². The second-order valence-electron chi connectivity index (χ2n) is 19.7. The zero-order valence-corrected chi connectivity index (χ0v) is 40.3. The van der Waals surface area contributed by atoms with Crippen molar-refractivity contribution in [2.45, 2.75) is 215 Å². The van der Waals surface area contributed by atoms with Crippen LogP contribution in [0.1, 0.15) is 0 Å². The maximum absolute atomic E-state index is 11.3. The molecule has 0 unspecified atom stereocenters. The molecular formula is C42H70O35. The highest BCUT2D eigenvalue weighted by Crippen LogP contribution is 2.39. The Balaban J connectivity index is 1.08. The quantitative estimate of drug-likeness (QED) is 0.113. The lowest BCUT2D eigenvalue weighted by Gasteiger charge is -2.50. The smallest absolute Gasteiger partial charge is 0.187 e. The lowest BCUT2D eigenvalue weighted by molar-refractivity contribution is -0.396. The minimum atomic E-state index is -2.21. The van der Waals surface area contributed by atoms with Crippen molar-refractivity contribution in [2.24, 2.45) is 0 Å². The Labute approximate surface area is 434 Å². The van der Waals surface area contributed by atoms with Gasteiger partial charge in [0.25, 0.3) is 0 Å². The van der Waals surface area contributed by atoms with Gasteiger partial charge in [-0.25, -0.2) is 0 Å². The van der Waals surface area contributed by atoms with E-state index in [0.29, 0.717) is 0 Å². The number of ether oxygens (including phenoxy) is 14. The molecule has 448 valence electrons. The molecule has 21 fully saturated rings. The molecule has 14 bridgehead atoms. The highest BCUT2D eigenvalue weighted by molar-refractivity contribution is 5.01. The molecule has 35 nitrogen and oxygen atoms in total. The first kappa shape index (κ1) is 61.7. The summed E-state index contributed by atoms with van der Waals surface area (Å²) in [5, 5.41) is 230. The highest BCUT2D eigenvalue weighted by atomic mass is 16.8. The van der Waals surface area contributed by atoms with Gasteiger partial charge in [0.1, 0.15) is 171 Å². The van der Waals surface area contributed by atoms with Crippen LogP contribution in [0.25, 0.3) is 0 Å². The minimum absolute atomic E-state index is 1.05. The molecule has 0 aromatic carbocycles.